The van der Waals surface area contributed by atoms with Gasteiger partial charge in [-0.15, -0.1) is 0 Å². The number of rotatable bonds is 8. The highest BCUT2D eigenvalue weighted by Crippen LogP contribution is 2.32. The van der Waals surface area contributed by atoms with Gasteiger partial charge in [0.1, 0.15) is 17.4 Å². The summed E-state index contributed by atoms with van der Waals surface area (Å²) < 4.78 is 34.9. The zero-order valence-corrected chi connectivity index (χ0v) is 17.1. The van der Waals surface area contributed by atoms with Crippen molar-refractivity contribution < 1.29 is 13.5 Å². The van der Waals surface area contributed by atoms with E-state index in [4.69, 9.17) is 4.74 Å². The maximum atomic E-state index is 14.6. The second-order valence-electron chi connectivity index (χ2n) is 6.94. The number of halogens is 2. The Bertz CT molecular complexity index is 926. The van der Waals surface area contributed by atoms with Crippen molar-refractivity contribution in [3.05, 3.63) is 82.9 Å². The molecule has 0 saturated carbocycles. The molecule has 2 aromatic rings. The summed E-state index contributed by atoms with van der Waals surface area (Å²) in [5.74, 6) is 0.0329. The average Bonchev–Trinajstić information content (AvgIpc) is 3.31. The predicted molar refractivity (Wildman–Crippen MR) is 111 cm³/mol. The van der Waals surface area contributed by atoms with E-state index in [1.165, 1.54) is 18.2 Å². The highest BCUT2D eigenvalue weighted by Gasteiger charge is 2.26. The molecule has 0 spiro atoms. The molecular weight excluding hydrogens is 372 g/mol. The zero-order chi connectivity index (χ0) is 20.8. The van der Waals surface area contributed by atoms with Gasteiger partial charge in [0.2, 0.25) is 0 Å². The smallest absolute Gasteiger partial charge is 0.128 e. The van der Waals surface area contributed by atoms with Crippen LogP contribution in [0, 0.1) is 5.82 Å². The molecule has 1 N–H and O–H groups in total. The third kappa shape index (κ3) is 5.01. The first kappa shape index (κ1) is 21.0. The minimum Gasteiger partial charge on any atom is -0.497 e. The van der Waals surface area contributed by atoms with Crippen LogP contribution in [0.1, 0.15) is 49.7 Å². The van der Waals surface area contributed by atoms with Crippen molar-refractivity contribution in [1.29, 1.82) is 0 Å². The first-order chi connectivity index (χ1) is 14.0. The molecule has 0 fully saturated rings. The lowest BCUT2D eigenvalue weighted by atomic mass is 10.1. The monoisotopic (exact) mass is 399 g/mol. The Kier molecular flexibility index (Phi) is 6.99. The Morgan fingerprint density at radius 1 is 1.34 bits per heavy atom. The summed E-state index contributed by atoms with van der Waals surface area (Å²) in [6.45, 7) is 5.06. The largest absolute Gasteiger partial charge is 0.497 e. The fourth-order valence-corrected chi connectivity index (χ4v) is 3.44. The normalized spacial score (nSPS) is 17.6. The van der Waals surface area contributed by atoms with E-state index in [9.17, 15) is 8.78 Å². The van der Waals surface area contributed by atoms with Crippen molar-refractivity contribution in [2.75, 3.05) is 7.11 Å². The Morgan fingerprint density at radius 2 is 2.10 bits per heavy atom. The quantitative estimate of drug-likeness (QED) is 0.474. The predicted octanol–water partition coefficient (Wildman–Crippen LogP) is 5.45. The first-order valence-electron chi connectivity index (χ1n) is 9.89. The summed E-state index contributed by atoms with van der Waals surface area (Å²) in [6.07, 6.45) is 6.73. The number of aromatic nitrogens is 2. The highest BCUT2D eigenvalue weighted by atomic mass is 19.1. The van der Waals surface area contributed by atoms with Crippen molar-refractivity contribution in [3.63, 3.8) is 0 Å². The minimum atomic E-state index is -0.336. The van der Waals surface area contributed by atoms with Crippen LogP contribution in [0.2, 0.25) is 0 Å². The molecule has 154 valence electrons. The molecule has 0 amide bonds. The van der Waals surface area contributed by atoms with Gasteiger partial charge in [0.05, 0.1) is 24.5 Å². The molecule has 1 aliphatic heterocycles. The van der Waals surface area contributed by atoms with Gasteiger partial charge in [0.15, 0.2) is 0 Å². The first-order valence-corrected chi connectivity index (χ1v) is 9.89. The van der Waals surface area contributed by atoms with Crippen LogP contribution in [0.4, 0.5) is 8.78 Å². The lowest BCUT2D eigenvalue weighted by Gasteiger charge is -2.12. The van der Waals surface area contributed by atoms with E-state index in [0.29, 0.717) is 23.6 Å². The van der Waals surface area contributed by atoms with Crippen LogP contribution < -0.4 is 5.32 Å². The van der Waals surface area contributed by atoms with Gasteiger partial charge in [-0.2, -0.15) is 5.10 Å². The van der Waals surface area contributed by atoms with E-state index in [-0.39, 0.29) is 17.7 Å². The maximum Gasteiger partial charge on any atom is 0.128 e. The molecule has 1 atom stereocenters. The summed E-state index contributed by atoms with van der Waals surface area (Å²) in [4.78, 5) is 0. The van der Waals surface area contributed by atoms with Crippen molar-refractivity contribution >= 4 is 5.57 Å². The van der Waals surface area contributed by atoms with E-state index < -0.39 is 0 Å². The van der Waals surface area contributed by atoms with Crippen LogP contribution >= 0.6 is 0 Å². The molecule has 1 aliphatic rings. The van der Waals surface area contributed by atoms with Gasteiger partial charge in [-0.1, -0.05) is 25.1 Å². The second kappa shape index (κ2) is 9.65. The number of ether oxygens (including phenoxy) is 1. The van der Waals surface area contributed by atoms with Crippen molar-refractivity contribution in [3.8, 4) is 0 Å². The van der Waals surface area contributed by atoms with E-state index in [2.05, 4.69) is 10.4 Å². The Hall–Kier alpha value is -2.73. The van der Waals surface area contributed by atoms with Crippen LogP contribution in [0.15, 0.2) is 60.1 Å². The standard InChI is InChI=1S/C23H27F2N3O/c1-4-6-18(29-3)13-19(20(25)5-2)22-14-23-21(11-12-28(23)27-22)26-15-16-7-9-17(24)10-8-16/h5-10,13-14,21,26H,4,11-12,15H2,1-3H3/b18-6-,19-13+,20-5+. The number of methoxy groups -OCH3 is 1. The van der Waals surface area contributed by atoms with Crippen molar-refractivity contribution in [2.24, 2.45) is 0 Å². The number of aryl methyl sites for hydroxylation is 1. The lowest BCUT2D eigenvalue weighted by molar-refractivity contribution is 0.305. The van der Waals surface area contributed by atoms with Crippen LogP contribution in [-0.4, -0.2) is 16.9 Å². The number of hydrogen-bond donors (Lipinski definition) is 1. The molecule has 1 aromatic heterocycles. The Labute approximate surface area is 170 Å². The topological polar surface area (TPSA) is 39.1 Å². The SMILES string of the molecule is C\C=C(F)/C(=C\C(=C\CC)OC)c1cc2n(n1)CCC2NCc1ccc(F)cc1. The molecule has 0 bridgehead atoms. The van der Waals surface area contributed by atoms with Crippen LogP contribution in [0.5, 0.6) is 0 Å². The lowest BCUT2D eigenvalue weighted by Crippen LogP contribution is -2.18. The molecular formula is C23H27F2N3O. The number of hydrogen-bond acceptors (Lipinski definition) is 3. The molecule has 0 aliphatic carbocycles. The van der Waals surface area contributed by atoms with Crippen LogP contribution in [0.25, 0.3) is 5.57 Å². The number of nitrogens with one attached hydrogen (secondary N) is 1. The summed E-state index contributed by atoms with van der Waals surface area (Å²) in [5, 5.41) is 8.11. The number of allylic oxidation sites excluding steroid dienone is 5. The summed E-state index contributed by atoms with van der Waals surface area (Å²) in [7, 11) is 1.58. The summed E-state index contributed by atoms with van der Waals surface area (Å²) in [6, 6.07) is 8.51. The van der Waals surface area contributed by atoms with Crippen molar-refractivity contribution in [2.45, 2.75) is 45.8 Å². The zero-order valence-electron chi connectivity index (χ0n) is 17.1. The van der Waals surface area contributed by atoms with Gasteiger partial charge in [-0.05, 0) is 55.7 Å². The molecule has 1 aromatic carbocycles. The number of fused-ring (bicyclic) bond motifs is 1. The van der Waals surface area contributed by atoms with Crippen molar-refractivity contribution in [1.82, 2.24) is 15.1 Å². The molecule has 6 heteroatoms. The molecule has 3 rings (SSSR count). The Balaban J connectivity index is 1.82. The van der Waals surface area contributed by atoms with Gasteiger partial charge < -0.3 is 10.1 Å². The van der Waals surface area contributed by atoms with Crippen LogP contribution in [-0.2, 0) is 17.8 Å². The highest BCUT2D eigenvalue weighted by molar-refractivity contribution is 5.76. The Morgan fingerprint density at radius 3 is 2.76 bits per heavy atom. The molecule has 29 heavy (non-hydrogen) atoms. The second-order valence-corrected chi connectivity index (χ2v) is 6.94. The average molecular weight is 399 g/mol. The number of nitrogens with zero attached hydrogens (tertiary/aromatic N) is 2. The molecule has 4 nitrogen and oxygen atoms in total. The third-order valence-electron chi connectivity index (χ3n) is 4.98. The van der Waals surface area contributed by atoms with Gasteiger partial charge in [-0.3, -0.25) is 4.68 Å². The van der Waals surface area contributed by atoms with Gasteiger partial charge in [-0.25, -0.2) is 8.78 Å². The summed E-state index contributed by atoms with van der Waals surface area (Å²) >= 11 is 0. The van der Waals surface area contributed by atoms with E-state index in [0.717, 1.165) is 30.6 Å². The minimum absolute atomic E-state index is 0.115. The van der Waals surface area contributed by atoms with Gasteiger partial charge in [0.25, 0.3) is 0 Å². The third-order valence-corrected chi connectivity index (χ3v) is 4.98. The van der Waals surface area contributed by atoms with E-state index in [1.54, 1.807) is 32.2 Å². The van der Waals surface area contributed by atoms with Gasteiger partial charge in [0, 0.05) is 18.7 Å². The van der Waals surface area contributed by atoms with Crippen LogP contribution in [0.3, 0.4) is 0 Å². The van der Waals surface area contributed by atoms with E-state index >= 15 is 0 Å². The fourth-order valence-electron chi connectivity index (χ4n) is 3.44. The van der Waals surface area contributed by atoms with Gasteiger partial charge >= 0.3 is 0 Å². The molecule has 1 unspecified atom stereocenters. The molecule has 2 heterocycles. The summed E-state index contributed by atoms with van der Waals surface area (Å²) in [5.41, 5.74) is 3.03. The fraction of sp³-hybridized carbons (Fsp3) is 0.348. The molecule has 0 saturated heterocycles. The maximum absolute atomic E-state index is 14.6. The number of benzene rings is 1. The molecule has 0 radical (unpaired) electrons. The van der Waals surface area contributed by atoms with E-state index in [1.807, 2.05) is 23.7 Å².